The molecule has 0 saturated heterocycles. The van der Waals surface area contributed by atoms with Crippen LogP contribution in [0.1, 0.15) is 30.0 Å². The first-order valence-electron chi connectivity index (χ1n) is 8.11. The predicted molar refractivity (Wildman–Crippen MR) is 96.0 cm³/mol. The number of aryl methyl sites for hydroxylation is 1. The van der Waals surface area contributed by atoms with Crippen molar-refractivity contribution in [1.82, 2.24) is 5.32 Å². The number of benzene rings is 2. The van der Waals surface area contributed by atoms with Gasteiger partial charge in [-0.2, -0.15) is 0 Å². The molecule has 2 aromatic rings. The average Bonchev–Trinajstić information content (AvgIpc) is 2.49. The molecule has 0 aliphatic carbocycles. The summed E-state index contributed by atoms with van der Waals surface area (Å²) in [7, 11) is 0. The summed E-state index contributed by atoms with van der Waals surface area (Å²) >= 11 is 0. The van der Waals surface area contributed by atoms with Gasteiger partial charge in [-0.25, -0.2) is 0 Å². The van der Waals surface area contributed by atoms with E-state index in [0.29, 0.717) is 0 Å². The van der Waals surface area contributed by atoms with Crippen LogP contribution in [-0.2, 0) is 19.3 Å². The van der Waals surface area contributed by atoms with E-state index in [0.717, 1.165) is 50.1 Å². The molecule has 2 aromatic carbocycles. The molecule has 3 nitrogen and oxygen atoms in total. The number of nitrogens with one attached hydrogen (secondary N) is 1. The average molecular weight is 297 g/mol. The Hall–Kier alpha value is -2.00. The zero-order valence-electron chi connectivity index (χ0n) is 13.4. The van der Waals surface area contributed by atoms with Gasteiger partial charge >= 0.3 is 0 Å². The van der Waals surface area contributed by atoms with E-state index in [-0.39, 0.29) is 0 Å². The summed E-state index contributed by atoms with van der Waals surface area (Å²) in [5.41, 5.74) is 17.5. The Morgan fingerprint density at radius 2 is 1.59 bits per heavy atom. The molecule has 0 aliphatic rings. The maximum Gasteiger partial charge on any atom is 0.0316 e. The fraction of sp³-hybridized carbons (Fsp3) is 0.368. The lowest BCUT2D eigenvalue weighted by atomic mass is 10.00. The fourth-order valence-corrected chi connectivity index (χ4v) is 2.72. The summed E-state index contributed by atoms with van der Waals surface area (Å²) in [6, 6.07) is 14.4. The summed E-state index contributed by atoms with van der Waals surface area (Å²) in [6.45, 7) is 4.17. The molecule has 0 amide bonds. The molecule has 0 heterocycles. The largest absolute Gasteiger partial charge is 0.399 e. The van der Waals surface area contributed by atoms with Gasteiger partial charge in [0.25, 0.3) is 0 Å². The van der Waals surface area contributed by atoms with Crippen LogP contribution in [0.5, 0.6) is 0 Å². The highest BCUT2D eigenvalue weighted by molar-refractivity contribution is 5.45. The van der Waals surface area contributed by atoms with E-state index < -0.39 is 0 Å². The van der Waals surface area contributed by atoms with E-state index in [4.69, 9.17) is 11.5 Å². The van der Waals surface area contributed by atoms with E-state index >= 15 is 0 Å². The van der Waals surface area contributed by atoms with Gasteiger partial charge in [-0.05, 0) is 73.3 Å². The molecule has 22 heavy (non-hydrogen) atoms. The number of nitrogen functional groups attached to an aromatic ring is 2. The molecule has 0 fully saturated rings. The van der Waals surface area contributed by atoms with Crippen LogP contribution in [0, 0.1) is 0 Å². The van der Waals surface area contributed by atoms with E-state index in [1.807, 2.05) is 24.3 Å². The van der Waals surface area contributed by atoms with Crippen molar-refractivity contribution in [2.75, 3.05) is 24.6 Å². The highest BCUT2D eigenvalue weighted by atomic mass is 14.8. The Bertz CT molecular complexity index is 593. The lowest BCUT2D eigenvalue weighted by Crippen LogP contribution is -2.20. The molecule has 5 N–H and O–H groups in total. The van der Waals surface area contributed by atoms with Crippen LogP contribution in [0.25, 0.3) is 0 Å². The monoisotopic (exact) mass is 297 g/mol. The minimum absolute atomic E-state index is 0.837. The van der Waals surface area contributed by atoms with Crippen LogP contribution in [0.15, 0.2) is 42.5 Å². The second kappa shape index (κ2) is 8.44. The fourth-order valence-electron chi connectivity index (χ4n) is 2.72. The van der Waals surface area contributed by atoms with Crippen LogP contribution >= 0.6 is 0 Å². The molecule has 0 unspecified atom stereocenters. The maximum atomic E-state index is 5.88. The minimum atomic E-state index is 0.837. The molecule has 0 aliphatic heterocycles. The van der Waals surface area contributed by atoms with Crippen molar-refractivity contribution < 1.29 is 0 Å². The van der Waals surface area contributed by atoms with Crippen LogP contribution in [-0.4, -0.2) is 13.1 Å². The molecule has 118 valence electrons. The minimum Gasteiger partial charge on any atom is -0.399 e. The zero-order valence-corrected chi connectivity index (χ0v) is 13.4. The predicted octanol–water partition coefficient (Wildman–Crippen LogP) is 3.18. The molecule has 2 rings (SSSR count). The lowest BCUT2D eigenvalue weighted by Gasteiger charge is -2.11. The number of anilines is 2. The molecule has 3 heteroatoms. The van der Waals surface area contributed by atoms with Gasteiger partial charge < -0.3 is 16.8 Å². The van der Waals surface area contributed by atoms with Crippen LogP contribution < -0.4 is 16.8 Å². The smallest absolute Gasteiger partial charge is 0.0316 e. The second-order valence-electron chi connectivity index (χ2n) is 5.77. The first-order chi connectivity index (χ1) is 10.7. The van der Waals surface area contributed by atoms with Gasteiger partial charge in [0.15, 0.2) is 0 Å². The SMILES string of the molecule is CCCc1cc(N)ccc1CCNCCc1cccc(N)c1. The van der Waals surface area contributed by atoms with E-state index in [1.165, 1.54) is 16.7 Å². The molecular formula is C19H27N3. The number of hydrogen-bond donors (Lipinski definition) is 3. The molecule has 0 bridgehead atoms. The standard InChI is InChI=1S/C19H27N3/c1-2-4-17-14-19(21)8-7-16(17)10-12-22-11-9-15-5-3-6-18(20)13-15/h3,5-8,13-14,22H,2,4,9-12,20-21H2,1H3. The highest BCUT2D eigenvalue weighted by Crippen LogP contribution is 2.16. The Morgan fingerprint density at radius 3 is 2.36 bits per heavy atom. The molecular weight excluding hydrogens is 270 g/mol. The molecule has 0 atom stereocenters. The summed E-state index contributed by atoms with van der Waals surface area (Å²) in [5.74, 6) is 0. The van der Waals surface area contributed by atoms with Gasteiger partial charge in [0.1, 0.15) is 0 Å². The van der Waals surface area contributed by atoms with Crippen molar-refractivity contribution in [3.05, 3.63) is 59.2 Å². The first-order valence-corrected chi connectivity index (χ1v) is 8.11. The Morgan fingerprint density at radius 1 is 0.818 bits per heavy atom. The summed E-state index contributed by atoms with van der Waals surface area (Å²) in [6.07, 6.45) is 4.31. The van der Waals surface area contributed by atoms with Gasteiger partial charge in [0.05, 0.1) is 0 Å². The van der Waals surface area contributed by atoms with Gasteiger partial charge in [0, 0.05) is 11.4 Å². The van der Waals surface area contributed by atoms with Crippen molar-refractivity contribution in [2.45, 2.75) is 32.6 Å². The van der Waals surface area contributed by atoms with E-state index in [1.54, 1.807) is 0 Å². The summed E-state index contributed by atoms with van der Waals surface area (Å²) < 4.78 is 0. The Labute approximate surface area is 133 Å². The summed E-state index contributed by atoms with van der Waals surface area (Å²) in [5, 5.41) is 3.51. The maximum absolute atomic E-state index is 5.88. The molecule has 0 spiro atoms. The third kappa shape index (κ3) is 5.08. The van der Waals surface area contributed by atoms with Crippen molar-refractivity contribution >= 4 is 11.4 Å². The molecule has 0 aromatic heterocycles. The third-order valence-electron chi connectivity index (χ3n) is 3.86. The number of hydrogen-bond acceptors (Lipinski definition) is 3. The van der Waals surface area contributed by atoms with Gasteiger partial charge in [-0.3, -0.25) is 0 Å². The zero-order chi connectivity index (χ0) is 15.8. The van der Waals surface area contributed by atoms with Crippen molar-refractivity contribution in [2.24, 2.45) is 0 Å². The van der Waals surface area contributed by atoms with Crippen molar-refractivity contribution in [3.63, 3.8) is 0 Å². The van der Waals surface area contributed by atoms with Gasteiger partial charge in [-0.15, -0.1) is 0 Å². The molecule has 0 radical (unpaired) electrons. The highest BCUT2D eigenvalue weighted by Gasteiger charge is 2.02. The lowest BCUT2D eigenvalue weighted by molar-refractivity contribution is 0.678. The molecule has 0 saturated carbocycles. The summed E-state index contributed by atoms with van der Waals surface area (Å²) in [4.78, 5) is 0. The van der Waals surface area contributed by atoms with Crippen LogP contribution in [0.3, 0.4) is 0 Å². The Balaban J connectivity index is 1.77. The van der Waals surface area contributed by atoms with Gasteiger partial charge in [0.2, 0.25) is 0 Å². The topological polar surface area (TPSA) is 64.1 Å². The second-order valence-corrected chi connectivity index (χ2v) is 5.77. The van der Waals surface area contributed by atoms with Gasteiger partial charge in [-0.1, -0.05) is 31.5 Å². The van der Waals surface area contributed by atoms with Crippen LogP contribution in [0.4, 0.5) is 11.4 Å². The first kappa shape index (κ1) is 16.4. The number of nitrogens with two attached hydrogens (primary N) is 2. The Kier molecular flexibility index (Phi) is 6.28. The normalized spacial score (nSPS) is 10.8. The third-order valence-corrected chi connectivity index (χ3v) is 3.86. The van der Waals surface area contributed by atoms with Crippen molar-refractivity contribution in [1.29, 1.82) is 0 Å². The number of rotatable bonds is 8. The van der Waals surface area contributed by atoms with E-state index in [2.05, 4.69) is 30.4 Å². The quantitative estimate of drug-likeness (QED) is 0.518. The van der Waals surface area contributed by atoms with Crippen molar-refractivity contribution in [3.8, 4) is 0 Å². The van der Waals surface area contributed by atoms with Crippen LogP contribution in [0.2, 0.25) is 0 Å². The van der Waals surface area contributed by atoms with E-state index in [9.17, 15) is 0 Å².